The first-order chi connectivity index (χ1) is 10.7. The molecule has 2 heterocycles. The van der Waals surface area contributed by atoms with Crippen molar-refractivity contribution in [1.29, 1.82) is 5.26 Å². The molecular weight excluding hydrogens is 282 g/mol. The van der Waals surface area contributed by atoms with Crippen molar-refractivity contribution in [1.82, 2.24) is 9.55 Å². The molecule has 0 fully saturated rings. The Morgan fingerprint density at radius 2 is 1.95 bits per heavy atom. The normalized spacial score (nSPS) is 10.3. The van der Waals surface area contributed by atoms with Gasteiger partial charge in [0.15, 0.2) is 0 Å². The van der Waals surface area contributed by atoms with Gasteiger partial charge in [0.25, 0.3) is 5.56 Å². The first-order valence-electron chi connectivity index (χ1n) is 6.54. The van der Waals surface area contributed by atoms with E-state index in [1.807, 2.05) is 6.07 Å². The average Bonchev–Trinajstić information content (AvgIpc) is 3.05. The van der Waals surface area contributed by atoms with E-state index < -0.39 is 11.2 Å². The predicted molar refractivity (Wildman–Crippen MR) is 79.3 cm³/mol. The molecule has 6 heteroatoms. The standard InChI is InChI=1S/C16H11N3O3/c17-8-11-3-5-12(6-4-11)9-19-10-13(14-2-1-7-22-14)15(20)18-16(19)21/h1-7,10H,9H2,(H,18,20,21). The summed E-state index contributed by atoms with van der Waals surface area (Å²) in [7, 11) is 0. The van der Waals surface area contributed by atoms with Gasteiger partial charge in [-0.05, 0) is 29.8 Å². The lowest BCUT2D eigenvalue weighted by molar-refractivity contribution is 0.579. The van der Waals surface area contributed by atoms with E-state index >= 15 is 0 Å². The maximum Gasteiger partial charge on any atom is 0.328 e. The van der Waals surface area contributed by atoms with Crippen molar-refractivity contribution < 1.29 is 4.42 Å². The number of hydrogen-bond donors (Lipinski definition) is 1. The molecule has 0 saturated heterocycles. The highest BCUT2D eigenvalue weighted by Gasteiger charge is 2.09. The quantitative estimate of drug-likeness (QED) is 0.795. The Hall–Kier alpha value is -3.33. The highest BCUT2D eigenvalue weighted by atomic mass is 16.3. The lowest BCUT2D eigenvalue weighted by atomic mass is 10.1. The van der Waals surface area contributed by atoms with Crippen molar-refractivity contribution in [3.05, 3.63) is 80.8 Å². The molecule has 0 saturated carbocycles. The van der Waals surface area contributed by atoms with Crippen LogP contribution in [0, 0.1) is 11.3 Å². The molecule has 3 aromatic rings. The number of nitrogens with zero attached hydrogens (tertiary/aromatic N) is 2. The van der Waals surface area contributed by atoms with Gasteiger partial charge in [0, 0.05) is 6.20 Å². The van der Waals surface area contributed by atoms with E-state index in [2.05, 4.69) is 4.98 Å². The molecule has 1 N–H and O–H groups in total. The fraction of sp³-hybridized carbons (Fsp3) is 0.0625. The van der Waals surface area contributed by atoms with Crippen molar-refractivity contribution in [2.75, 3.05) is 0 Å². The molecule has 108 valence electrons. The maximum absolute atomic E-state index is 11.9. The van der Waals surface area contributed by atoms with Crippen LogP contribution in [0.1, 0.15) is 11.1 Å². The lowest BCUT2D eigenvalue weighted by Gasteiger charge is -2.07. The molecule has 0 spiro atoms. The van der Waals surface area contributed by atoms with E-state index in [0.717, 1.165) is 5.56 Å². The maximum atomic E-state index is 11.9. The molecule has 6 nitrogen and oxygen atoms in total. The van der Waals surface area contributed by atoms with Crippen LogP contribution >= 0.6 is 0 Å². The van der Waals surface area contributed by atoms with Crippen LogP contribution in [0.5, 0.6) is 0 Å². The fourth-order valence-electron chi connectivity index (χ4n) is 2.12. The second-order valence-corrected chi connectivity index (χ2v) is 4.72. The first-order valence-corrected chi connectivity index (χ1v) is 6.54. The van der Waals surface area contributed by atoms with Gasteiger partial charge >= 0.3 is 5.69 Å². The summed E-state index contributed by atoms with van der Waals surface area (Å²) < 4.78 is 6.59. The van der Waals surface area contributed by atoms with Crippen molar-refractivity contribution in [2.24, 2.45) is 0 Å². The number of aromatic nitrogens is 2. The van der Waals surface area contributed by atoms with Crippen molar-refractivity contribution >= 4 is 0 Å². The number of benzene rings is 1. The number of nitriles is 1. The molecule has 2 aromatic heterocycles. The molecule has 0 aliphatic heterocycles. The number of nitrogens with one attached hydrogen (secondary N) is 1. The summed E-state index contributed by atoms with van der Waals surface area (Å²) in [6, 6.07) is 12.3. The minimum Gasteiger partial charge on any atom is -0.464 e. The highest BCUT2D eigenvalue weighted by molar-refractivity contribution is 5.54. The van der Waals surface area contributed by atoms with E-state index in [9.17, 15) is 9.59 Å². The van der Waals surface area contributed by atoms with Gasteiger partial charge in [-0.3, -0.25) is 14.3 Å². The van der Waals surface area contributed by atoms with Crippen molar-refractivity contribution in [2.45, 2.75) is 6.54 Å². The molecule has 1 aromatic carbocycles. The van der Waals surface area contributed by atoms with Crippen molar-refractivity contribution in [3.63, 3.8) is 0 Å². The van der Waals surface area contributed by atoms with Gasteiger partial charge in [0.05, 0.1) is 30.0 Å². The van der Waals surface area contributed by atoms with E-state index in [4.69, 9.17) is 9.68 Å². The van der Waals surface area contributed by atoms with Gasteiger partial charge in [-0.2, -0.15) is 5.26 Å². The third-order valence-corrected chi connectivity index (χ3v) is 3.23. The van der Waals surface area contributed by atoms with Crippen LogP contribution in [0.2, 0.25) is 0 Å². The summed E-state index contributed by atoms with van der Waals surface area (Å²) >= 11 is 0. The molecule has 0 radical (unpaired) electrons. The summed E-state index contributed by atoms with van der Waals surface area (Å²) in [6.45, 7) is 0.287. The van der Waals surface area contributed by atoms with Gasteiger partial charge in [0.1, 0.15) is 5.76 Å². The van der Waals surface area contributed by atoms with Gasteiger partial charge < -0.3 is 4.42 Å². The molecule has 0 unspecified atom stereocenters. The van der Waals surface area contributed by atoms with Gasteiger partial charge in [-0.25, -0.2) is 4.79 Å². The Labute approximate surface area is 124 Å². The zero-order valence-electron chi connectivity index (χ0n) is 11.4. The molecule has 0 atom stereocenters. The van der Waals surface area contributed by atoms with Crippen LogP contribution in [0.15, 0.2) is 62.9 Å². The summed E-state index contributed by atoms with van der Waals surface area (Å²) in [5.41, 5.74) is 0.700. The highest BCUT2D eigenvalue weighted by Crippen LogP contribution is 2.14. The lowest BCUT2D eigenvalue weighted by Crippen LogP contribution is -2.30. The van der Waals surface area contributed by atoms with Crippen LogP contribution in [0.3, 0.4) is 0 Å². The van der Waals surface area contributed by atoms with Crippen LogP contribution in [0.25, 0.3) is 11.3 Å². The Balaban J connectivity index is 2.00. The molecule has 0 aliphatic carbocycles. The van der Waals surface area contributed by atoms with Gasteiger partial charge in [-0.1, -0.05) is 12.1 Å². The van der Waals surface area contributed by atoms with E-state index in [1.54, 1.807) is 36.4 Å². The minimum atomic E-state index is -0.496. The second kappa shape index (κ2) is 5.58. The monoisotopic (exact) mass is 293 g/mol. The SMILES string of the molecule is N#Cc1ccc(Cn2cc(-c3ccco3)c(=O)[nH]c2=O)cc1. The number of hydrogen-bond acceptors (Lipinski definition) is 4. The van der Waals surface area contributed by atoms with Crippen LogP contribution in [-0.4, -0.2) is 9.55 Å². The minimum absolute atomic E-state index is 0.287. The predicted octanol–water partition coefficient (Wildman–Crippen LogP) is 1.72. The topological polar surface area (TPSA) is 91.8 Å². The van der Waals surface area contributed by atoms with Crippen molar-refractivity contribution in [3.8, 4) is 17.4 Å². The molecule has 3 rings (SSSR count). The zero-order chi connectivity index (χ0) is 15.5. The van der Waals surface area contributed by atoms with Gasteiger partial charge in [-0.15, -0.1) is 0 Å². The van der Waals surface area contributed by atoms with Crippen LogP contribution < -0.4 is 11.2 Å². The molecule has 0 bridgehead atoms. The molecular formula is C16H11N3O3. The number of furan rings is 1. The fourth-order valence-corrected chi connectivity index (χ4v) is 2.12. The summed E-state index contributed by atoms with van der Waals surface area (Å²) in [5, 5.41) is 8.78. The number of aromatic amines is 1. The molecule has 0 aliphatic rings. The molecule has 0 amide bonds. The van der Waals surface area contributed by atoms with Gasteiger partial charge in [0.2, 0.25) is 0 Å². The summed E-state index contributed by atoms with van der Waals surface area (Å²) in [5.74, 6) is 0.398. The Kier molecular flexibility index (Phi) is 3.46. The Bertz CT molecular complexity index is 942. The number of H-pyrrole nitrogens is 1. The second-order valence-electron chi connectivity index (χ2n) is 4.72. The van der Waals surface area contributed by atoms with E-state index in [-0.39, 0.29) is 6.54 Å². The third kappa shape index (κ3) is 2.60. The van der Waals surface area contributed by atoms with Crippen LogP contribution in [-0.2, 0) is 6.54 Å². The first kappa shape index (κ1) is 13.6. The summed E-state index contributed by atoms with van der Waals surface area (Å²) in [6.07, 6.45) is 2.93. The molecule has 22 heavy (non-hydrogen) atoms. The largest absolute Gasteiger partial charge is 0.464 e. The number of rotatable bonds is 3. The summed E-state index contributed by atoms with van der Waals surface area (Å²) in [4.78, 5) is 26.1. The Morgan fingerprint density at radius 3 is 2.59 bits per heavy atom. The van der Waals surface area contributed by atoms with E-state index in [0.29, 0.717) is 16.9 Å². The van der Waals surface area contributed by atoms with Crippen LogP contribution in [0.4, 0.5) is 0 Å². The smallest absolute Gasteiger partial charge is 0.328 e. The third-order valence-electron chi connectivity index (χ3n) is 3.23. The zero-order valence-corrected chi connectivity index (χ0v) is 11.4. The average molecular weight is 293 g/mol. The Morgan fingerprint density at radius 1 is 1.18 bits per heavy atom. The van der Waals surface area contributed by atoms with E-state index in [1.165, 1.54) is 17.0 Å².